The third-order valence-electron chi connectivity index (χ3n) is 4.55. The van der Waals surface area contributed by atoms with Gasteiger partial charge < -0.3 is 19.7 Å². The Hall–Kier alpha value is -3.02. The van der Waals surface area contributed by atoms with Crippen molar-refractivity contribution in [3.63, 3.8) is 0 Å². The highest BCUT2D eigenvalue weighted by Crippen LogP contribution is 2.28. The number of benzene rings is 2. The number of anilines is 1. The first-order chi connectivity index (χ1) is 13.5. The molecule has 0 aliphatic heterocycles. The van der Waals surface area contributed by atoms with Crippen LogP contribution in [0.15, 0.2) is 42.5 Å². The molecule has 0 atom stereocenters. The number of carbonyl (C=O) groups is 2. The molecule has 2 aromatic rings. The molecule has 2 amide bonds. The molecular formula is C22H28N2O4. The Labute approximate surface area is 166 Å². The maximum Gasteiger partial charge on any atom is 0.226 e. The molecule has 0 aliphatic carbocycles. The predicted molar refractivity (Wildman–Crippen MR) is 110 cm³/mol. The summed E-state index contributed by atoms with van der Waals surface area (Å²) in [5.41, 5.74) is 2.82. The molecule has 2 rings (SSSR count). The highest BCUT2D eigenvalue weighted by atomic mass is 16.5. The van der Waals surface area contributed by atoms with Crippen LogP contribution in [-0.4, -0.2) is 37.5 Å². The minimum Gasteiger partial charge on any atom is -0.493 e. The minimum absolute atomic E-state index is 0.0865. The lowest BCUT2D eigenvalue weighted by molar-refractivity contribution is -0.129. The molecule has 0 heterocycles. The summed E-state index contributed by atoms with van der Waals surface area (Å²) in [6, 6.07) is 13.3. The average molecular weight is 384 g/mol. The molecule has 2 aromatic carbocycles. The number of para-hydroxylation sites is 1. The molecular weight excluding hydrogens is 356 g/mol. The maximum absolute atomic E-state index is 12.4. The number of ether oxygens (including phenoxy) is 2. The van der Waals surface area contributed by atoms with Crippen LogP contribution in [0.3, 0.4) is 0 Å². The predicted octanol–water partition coefficient (Wildman–Crippen LogP) is 3.64. The summed E-state index contributed by atoms with van der Waals surface area (Å²) in [4.78, 5) is 26.0. The monoisotopic (exact) mass is 384 g/mol. The summed E-state index contributed by atoms with van der Waals surface area (Å²) in [6.45, 7) is 4.29. The van der Waals surface area contributed by atoms with Crippen LogP contribution >= 0.6 is 0 Å². The lowest BCUT2D eigenvalue weighted by atomic mass is 10.1. The molecule has 150 valence electrons. The van der Waals surface area contributed by atoms with E-state index in [-0.39, 0.29) is 18.2 Å². The van der Waals surface area contributed by atoms with Crippen molar-refractivity contribution >= 4 is 17.5 Å². The molecule has 0 saturated carbocycles. The molecule has 6 nitrogen and oxygen atoms in total. The van der Waals surface area contributed by atoms with E-state index in [2.05, 4.69) is 5.32 Å². The van der Waals surface area contributed by atoms with Gasteiger partial charge in [0.25, 0.3) is 0 Å². The van der Waals surface area contributed by atoms with Gasteiger partial charge in [-0.25, -0.2) is 0 Å². The molecule has 0 aromatic heterocycles. The largest absolute Gasteiger partial charge is 0.493 e. The Morgan fingerprint density at radius 3 is 2.39 bits per heavy atom. The van der Waals surface area contributed by atoms with Crippen LogP contribution in [0.4, 0.5) is 5.69 Å². The van der Waals surface area contributed by atoms with Crippen molar-refractivity contribution in [3.8, 4) is 11.5 Å². The Balaban J connectivity index is 1.99. The van der Waals surface area contributed by atoms with Gasteiger partial charge in [-0.2, -0.15) is 0 Å². The lowest BCUT2D eigenvalue weighted by Gasteiger charge is -2.22. The number of hydrogen-bond acceptors (Lipinski definition) is 4. The number of amides is 2. The molecule has 0 unspecified atom stereocenters. The van der Waals surface area contributed by atoms with Gasteiger partial charge in [-0.05, 0) is 35.7 Å². The second kappa shape index (κ2) is 10.3. The van der Waals surface area contributed by atoms with Crippen molar-refractivity contribution in [2.75, 3.05) is 26.1 Å². The third-order valence-corrected chi connectivity index (χ3v) is 4.55. The summed E-state index contributed by atoms with van der Waals surface area (Å²) >= 11 is 0. The molecule has 0 bridgehead atoms. The van der Waals surface area contributed by atoms with Crippen molar-refractivity contribution in [1.82, 2.24) is 4.90 Å². The fourth-order valence-electron chi connectivity index (χ4n) is 2.95. The minimum atomic E-state index is -0.112. The third kappa shape index (κ3) is 5.74. The average Bonchev–Trinajstić information content (AvgIpc) is 2.71. The van der Waals surface area contributed by atoms with Crippen LogP contribution in [0.5, 0.6) is 11.5 Å². The number of carbonyl (C=O) groups excluding carboxylic acids is 2. The van der Waals surface area contributed by atoms with E-state index in [9.17, 15) is 9.59 Å². The number of hydrogen-bond donors (Lipinski definition) is 1. The van der Waals surface area contributed by atoms with Gasteiger partial charge in [-0.15, -0.1) is 0 Å². The Morgan fingerprint density at radius 2 is 1.75 bits per heavy atom. The van der Waals surface area contributed by atoms with Crippen molar-refractivity contribution in [2.24, 2.45) is 0 Å². The van der Waals surface area contributed by atoms with Gasteiger partial charge in [-0.3, -0.25) is 9.59 Å². The zero-order valence-corrected chi connectivity index (χ0v) is 17.0. The first-order valence-electron chi connectivity index (χ1n) is 9.32. The van der Waals surface area contributed by atoms with Crippen LogP contribution in [-0.2, 0) is 22.6 Å². The summed E-state index contributed by atoms with van der Waals surface area (Å²) in [6.07, 6.45) is 1.07. The molecule has 0 aliphatic rings. The van der Waals surface area contributed by atoms with Crippen molar-refractivity contribution in [2.45, 2.75) is 33.2 Å². The van der Waals surface area contributed by atoms with Gasteiger partial charge in [0.2, 0.25) is 11.8 Å². The molecule has 1 N–H and O–H groups in total. The van der Waals surface area contributed by atoms with E-state index in [1.165, 1.54) is 6.92 Å². The Morgan fingerprint density at radius 1 is 1.04 bits per heavy atom. The second-order valence-corrected chi connectivity index (χ2v) is 6.44. The first-order valence-corrected chi connectivity index (χ1v) is 9.32. The molecule has 0 spiro atoms. The normalized spacial score (nSPS) is 10.3. The number of methoxy groups -OCH3 is 2. The SMILES string of the molecule is CCc1ccccc1NC(=O)CCN(Cc1ccc(OC)c(OC)c1)C(C)=O. The zero-order chi connectivity index (χ0) is 20.5. The van der Waals surface area contributed by atoms with Crippen LogP contribution in [0.2, 0.25) is 0 Å². The van der Waals surface area contributed by atoms with Crippen LogP contribution in [0.25, 0.3) is 0 Å². The Bertz CT molecular complexity index is 820. The maximum atomic E-state index is 12.4. The van der Waals surface area contributed by atoms with E-state index in [0.717, 1.165) is 23.2 Å². The Kier molecular flexibility index (Phi) is 7.87. The number of nitrogens with one attached hydrogen (secondary N) is 1. The first kappa shape index (κ1) is 21.3. The summed E-state index contributed by atoms with van der Waals surface area (Å²) in [7, 11) is 3.15. The number of nitrogens with zero attached hydrogens (tertiary/aromatic N) is 1. The van der Waals surface area contributed by atoms with E-state index in [0.29, 0.717) is 24.6 Å². The summed E-state index contributed by atoms with van der Waals surface area (Å²) in [5.74, 6) is 1.04. The van der Waals surface area contributed by atoms with E-state index >= 15 is 0 Å². The topological polar surface area (TPSA) is 67.9 Å². The van der Waals surface area contributed by atoms with E-state index in [1.54, 1.807) is 25.2 Å². The summed E-state index contributed by atoms with van der Waals surface area (Å²) in [5, 5.41) is 2.94. The smallest absolute Gasteiger partial charge is 0.226 e. The molecule has 0 radical (unpaired) electrons. The van der Waals surface area contributed by atoms with Gasteiger partial charge in [0, 0.05) is 32.1 Å². The highest BCUT2D eigenvalue weighted by Gasteiger charge is 2.14. The van der Waals surface area contributed by atoms with Crippen LogP contribution in [0, 0.1) is 0 Å². The van der Waals surface area contributed by atoms with Gasteiger partial charge >= 0.3 is 0 Å². The molecule has 6 heteroatoms. The van der Waals surface area contributed by atoms with Gasteiger partial charge in [0.1, 0.15) is 0 Å². The van der Waals surface area contributed by atoms with E-state index in [4.69, 9.17) is 9.47 Å². The van der Waals surface area contributed by atoms with Crippen molar-refractivity contribution < 1.29 is 19.1 Å². The highest BCUT2D eigenvalue weighted by molar-refractivity contribution is 5.91. The number of aryl methyl sites for hydroxylation is 1. The van der Waals surface area contributed by atoms with E-state index < -0.39 is 0 Å². The van der Waals surface area contributed by atoms with Gasteiger partial charge in [0.15, 0.2) is 11.5 Å². The van der Waals surface area contributed by atoms with Crippen molar-refractivity contribution in [1.29, 1.82) is 0 Å². The standard InChI is InChI=1S/C22H28N2O4/c1-5-18-8-6-7-9-19(18)23-22(26)12-13-24(16(2)25)15-17-10-11-20(27-3)21(14-17)28-4/h6-11,14H,5,12-13,15H2,1-4H3,(H,23,26). The fourth-order valence-corrected chi connectivity index (χ4v) is 2.95. The second-order valence-electron chi connectivity index (χ2n) is 6.44. The van der Waals surface area contributed by atoms with Crippen LogP contribution < -0.4 is 14.8 Å². The van der Waals surface area contributed by atoms with Crippen molar-refractivity contribution in [3.05, 3.63) is 53.6 Å². The molecule has 28 heavy (non-hydrogen) atoms. The van der Waals surface area contributed by atoms with Gasteiger partial charge in [-0.1, -0.05) is 31.2 Å². The quantitative estimate of drug-likeness (QED) is 0.717. The number of rotatable bonds is 9. The zero-order valence-electron chi connectivity index (χ0n) is 17.0. The molecule has 0 fully saturated rings. The molecule has 0 saturated heterocycles. The fraction of sp³-hybridized carbons (Fsp3) is 0.364. The lowest BCUT2D eigenvalue weighted by Crippen LogP contribution is -2.31. The van der Waals surface area contributed by atoms with Gasteiger partial charge in [0.05, 0.1) is 14.2 Å². The summed E-state index contributed by atoms with van der Waals surface area (Å²) < 4.78 is 10.6. The van der Waals surface area contributed by atoms with Crippen LogP contribution in [0.1, 0.15) is 31.4 Å². The van der Waals surface area contributed by atoms with E-state index in [1.807, 2.05) is 43.3 Å².